The molecule has 1 aliphatic carbocycles. The van der Waals surface area contributed by atoms with Gasteiger partial charge < -0.3 is 0 Å². The van der Waals surface area contributed by atoms with Crippen molar-refractivity contribution in [1.82, 2.24) is 19.5 Å². The van der Waals surface area contributed by atoms with Gasteiger partial charge in [0.15, 0.2) is 0 Å². The third kappa shape index (κ3) is 4.37. The molecule has 152 valence electrons. The lowest BCUT2D eigenvalue weighted by Gasteiger charge is -2.14. The Kier molecular flexibility index (Phi) is 5.72. The van der Waals surface area contributed by atoms with Crippen LogP contribution in [0, 0.1) is 6.92 Å². The zero-order valence-electron chi connectivity index (χ0n) is 16.2. The Morgan fingerprint density at radius 1 is 1.14 bits per heavy atom. The SMILES string of the molecule is Cc1ccc(Cl)cc1S(=O)(=O)NCc1cc(-c2ccncc2)n(C2CCCC2)n1. The molecule has 0 atom stereocenters. The van der Waals surface area contributed by atoms with Gasteiger partial charge in [-0.3, -0.25) is 9.67 Å². The zero-order chi connectivity index (χ0) is 20.4. The summed E-state index contributed by atoms with van der Waals surface area (Å²) < 4.78 is 30.3. The van der Waals surface area contributed by atoms with Crippen molar-refractivity contribution in [3.63, 3.8) is 0 Å². The first kappa shape index (κ1) is 20.1. The molecule has 4 rings (SSSR count). The summed E-state index contributed by atoms with van der Waals surface area (Å²) in [6, 6.07) is 11.1. The van der Waals surface area contributed by atoms with E-state index in [1.165, 1.54) is 18.9 Å². The maximum absolute atomic E-state index is 12.8. The average Bonchev–Trinajstić information content (AvgIpc) is 3.38. The quantitative estimate of drug-likeness (QED) is 0.624. The summed E-state index contributed by atoms with van der Waals surface area (Å²) >= 11 is 5.99. The second-order valence-electron chi connectivity index (χ2n) is 7.37. The summed E-state index contributed by atoms with van der Waals surface area (Å²) in [5.41, 5.74) is 3.36. The summed E-state index contributed by atoms with van der Waals surface area (Å²) in [5, 5.41) is 5.14. The molecule has 2 heterocycles. The Bertz CT molecular complexity index is 1110. The molecule has 0 unspecified atom stereocenters. The van der Waals surface area contributed by atoms with Gasteiger partial charge in [0.05, 0.1) is 28.9 Å². The van der Waals surface area contributed by atoms with E-state index in [1.807, 2.05) is 18.2 Å². The topological polar surface area (TPSA) is 76.9 Å². The fraction of sp³-hybridized carbons (Fsp3) is 0.333. The van der Waals surface area contributed by atoms with Gasteiger partial charge in [-0.05, 0) is 55.7 Å². The Labute approximate surface area is 176 Å². The molecule has 6 nitrogen and oxygen atoms in total. The van der Waals surface area contributed by atoms with E-state index >= 15 is 0 Å². The standard InChI is InChI=1S/C21H23ClN4O2S/c1-15-6-7-17(22)12-21(15)29(27,28)24-14-18-13-20(16-8-10-23-11-9-16)26(25-18)19-4-2-3-5-19/h6-13,19,24H,2-5,14H2,1H3. The second-order valence-corrected chi connectivity index (χ2v) is 9.55. The molecule has 0 aliphatic heterocycles. The molecule has 1 N–H and O–H groups in total. The number of hydrogen-bond donors (Lipinski definition) is 1. The summed E-state index contributed by atoms with van der Waals surface area (Å²) in [4.78, 5) is 4.28. The van der Waals surface area contributed by atoms with Crippen molar-refractivity contribution in [2.45, 2.75) is 50.1 Å². The zero-order valence-corrected chi connectivity index (χ0v) is 17.7. The predicted octanol–water partition coefficient (Wildman–Crippen LogP) is 4.50. The summed E-state index contributed by atoms with van der Waals surface area (Å²) in [6.07, 6.45) is 8.07. The van der Waals surface area contributed by atoms with Gasteiger partial charge in [0, 0.05) is 23.0 Å². The summed E-state index contributed by atoms with van der Waals surface area (Å²) in [7, 11) is -3.69. The van der Waals surface area contributed by atoms with Crippen LogP contribution in [-0.4, -0.2) is 23.2 Å². The third-order valence-corrected chi connectivity index (χ3v) is 7.09. The van der Waals surface area contributed by atoms with E-state index in [2.05, 4.69) is 14.4 Å². The van der Waals surface area contributed by atoms with Gasteiger partial charge in [-0.2, -0.15) is 5.10 Å². The minimum atomic E-state index is -3.69. The molecule has 0 saturated heterocycles. The molecule has 2 aromatic heterocycles. The monoisotopic (exact) mass is 430 g/mol. The van der Waals surface area contributed by atoms with Gasteiger partial charge >= 0.3 is 0 Å². The molecular formula is C21H23ClN4O2S. The van der Waals surface area contributed by atoms with E-state index in [0.29, 0.717) is 22.3 Å². The fourth-order valence-electron chi connectivity index (χ4n) is 3.81. The van der Waals surface area contributed by atoms with Gasteiger partial charge in [-0.1, -0.05) is 30.5 Å². The highest BCUT2D eigenvalue weighted by Crippen LogP contribution is 2.33. The molecule has 0 amide bonds. The number of hydrogen-bond acceptors (Lipinski definition) is 4. The highest BCUT2D eigenvalue weighted by molar-refractivity contribution is 7.89. The van der Waals surface area contributed by atoms with E-state index in [1.54, 1.807) is 31.5 Å². The Balaban J connectivity index is 1.61. The molecule has 0 bridgehead atoms. The molecule has 8 heteroatoms. The summed E-state index contributed by atoms with van der Waals surface area (Å²) in [6.45, 7) is 1.87. The fourth-order valence-corrected chi connectivity index (χ4v) is 5.31. The number of pyridine rings is 1. The maximum Gasteiger partial charge on any atom is 0.241 e. The van der Waals surface area contributed by atoms with Crippen LogP contribution in [0.5, 0.6) is 0 Å². The minimum absolute atomic E-state index is 0.117. The molecule has 29 heavy (non-hydrogen) atoms. The second kappa shape index (κ2) is 8.26. The van der Waals surface area contributed by atoms with Crippen LogP contribution in [0.3, 0.4) is 0 Å². The van der Waals surface area contributed by atoms with Crippen molar-refractivity contribution in [3.05, 3.63) is 65.1 Å². The van der Waals surface area contributed by atoms with Gasteiger partial charge in [0.2, 0.25) is 10.0 Å². The minimum Gasteiger partial charge on any atom is -0.265 e. The smallest absolute Gasteiger partial charge is 0.241 e. The first-order chi connectivity index (χ1) is 13.9. The van der Waals surface area contributed by atoms with Crippen LogP contribution in [0.25, 0.3) is 11.3 Å². The van der Waals surface area contributed by atoms with Crippen molar-refractivity contribution in [2.75, 3.05) is 0 Å². The number of nitrogens with one attached hydrogen (secondary N) is 1. The van der Waals surface area contributed by atoms with Crippen molar-refractivity contribution >= 4 is 21.6 Å². The van der Waals surface area contributed by atoms with Crippen LogP contribution < -0.4 is 4.72 Å². The number of nitrogens with zero attached hydrogens (tertiary/aromatic N) is 3. The van der Waals surface area contributed by atoms with Gasteiger partial charge in [0.1, 0.15) is 0 Å². The third-order valence-electron chi connectivity index (χ3n) is 5.32. The van der Waals surface area contributed by atoms with E-state index in [9.17, 15) is 8.42 Å². The normalized spacial score (nSPS) is 15.1. The Hall–Kier alpha value is -2.22. The Morgan fingerprint density at radius 2 is 1.86 bits per heavy atom. The summed E-state index contributed by atoms with van der Waals surface area (Å²) in [5.74, 6) is 0. The molecule has 1 saturated carbocycles. The lowest BCUT2D eigenvalue weighted by Crippen LogP contribution is -2.24. The molecule has 0 radical (unpaired) electrons. The molecular weight excluding hydrogens is 408 g/mol. The van der Waals surface area contributed by atoms with Crippen LogP contribution in [0.1, 0.15) is 43.0 Å². The number of aromatic nitrogens is 3. The number of halogens is 1. The number of benzene rings is 1. The number of aryl methyl sites for hydroxylation is 1. The van der Waals surface area contributed by atoms with E-state index in [4.69, 9.17) is 16.7 Å². The first-order valence-electron chi connectivity index (χ1n) is 9.69. The van der Waals surface area contributed by atoms with Crippen molar-refractivity contribution in [3.8, 4) is 11.3 Å². The largest absolute Gasteiger partial charge is 0.265 e. The Morgan fingerprint density at radius 3 is 2.59 bits per heavy atom. The average molecular weight is 431 g/mol. The predicted molar refractivity (Wildman–Crippen MR) is 113 cm³/mol. The van der Waals surface area contributed by atoms with Crippen LogP contribution in [-0.2, 0) is 16.6 Å². The molecule has 1 fully saturated rings. The highest BCUT2D eigenvalue weighted by atomic mass is 35.5. The van der Waals surface area contributed by atoms with E-state index < -0.39 is 10.0 Å². The van der Waals surface area contributed by atoms with Crippen LogP contribution in [0.2, 0.25) is 5.02 Å². The first-order valence-corrected chi connectivity index (χ1v) is 11.5. The lowest BCUT2D eigenvalue weighted by molar-refractivity contribution is 0.467. The van der Waals surface area contributed by atoms with Gasteiger partial charge in [0.25, 0.3) is 0 Å². The molecule has 3 aromatic rings. The molecule has 1 aliphatic rings. The van der Waals surface area contributed by atoms with Gasteiger partial charge in [-0.25, -0.2) is 13.1 Å². The highest BCUT2D eigenvalue weighted by Gasteiger charge is 2.23. The van der Waals surface area contributed by atoms with Gasteiger partial charge in [-0.15, -0.1) is 0 Å². The van der Waals surface area contributed by atoms with E-state index in [-0.39, 0.29) is 11.4 Å². The number of sulfonamides is 1. The lowest BCUT2D eigenvalue weighted by atomic mass is 10.1. The maximum atomic E-state index is 12.8. The van der Waals surface area contributed by atoms with Crippen LogP contribution in [0.4, 0.5) is 0 Å². The van der Waals surface area contributed by atoms with Crippen molar-refractivity contribution < 1.29 is 8.42 Å². The van der Waals surface area contributed by atoms with E-state index in [0.717, 1.165) is 24.1 Å². The van der Waals surface area contributed by atoms with Crippen molar-refractivity contribution in [2.24, 2.45) is 0 Å². The van der Waals surface area contributed by atoms with Crippen molar-refractivity contribution in [1.29, 1.82) is 0 Å². The van der Waals surface area contributed by atoms with Crippen LogP contribution >= 0.6 is 11.6 Å². The molecule has 0 spiro atoms. The van der Waals surface area contributed by atoms with Crippen LogP contribution in [0.15, 0.2) is 53.7 Å². The number of rotatable bonds is 6. The molecule has 1 aromatic carbocycles.